The first kappa shape index (κ1) is 37.5. The summed E-state index contributed by atoms with van der Waals surface area (Å²) in [6.45, 7) is 25.1. The molecule has 0 aromatic carbocycles. The summed E-state index contributed by atoms with van der Waals surface area (Å²) in [5, 5.41) is 0. The Bertz CT molecular complexity index is 1130. The number of ketones is 3. The Hall–Kier alpha value is -2.55. The Morgan fingerprint density at radius 1 is 0.810 bits per heavy atom. The van der Waals surface area contributed by atoms with Crippen molar-refractivity contribution >= 4 is 17.3 Å². The normalized spacial score (nSPS) is 26.3. The van der Waals surface area contributed by atoms with Crippen molar-refractivity contribution in [2.75, 3.05) is 0 Å². The minimum absolute atomic E-state index is 0.0684. The number of hydrogen-bond donors (Lipinski definition) is 0. The molecule has 0 bridgehead atoms. The SMILES string of the molecule is C/C=C/C(=O)C1=C(C)CCCC1(C)C.C/C=C/C(=O)C1C(C)=CCCC1(C)C.C/C=C/C(=O)[C@H]1[C@H](C)C=CCC1(C)C. The van der Waals surface area contributed by atoms with E-state index >= 15 is 0 Å². The van der Waals surface area contributed by atoms with Gasteiger partial charge in [0.25, 0.3) is 0 Å². The highest BCUT2D eigenvalue weighted by molar-refractivity contribution is 6.05. The largest absolute Gasteiger partial charge is 0.295 e. The molecular weight excluding hydrogens is 516 g/mol. The zero-order valence-corrected chi connectivity index (χ0v) is 28.9. The van der Waals surface area contributed by atoms with Gasteiger partial charge in [0.2, 0.25) is 0 Å². The lowest BCUT2D eigenvalue weighted by atomic mass is 9.65. The van der Waals surface area contributed by atoms with Gasteiger partial charge in [0, 0.05) is 17.4 Å². The molecule has 3 atom stereocenters. The molecule has 0 saturated carbocycles. The van der Waals surface area contributed by atoms with Crippen molar-refractivity contribution in [3.8, 4) is 0 Å². The lowest BCUT2D eigenvalue weighted by Crippen LogP contribution is -2.36. The second-order valence-corrected chi connectivity index (χ2v) is 14.4. The Balaban J connectivity index is 0.000000315. The molecule has 0 spiro atoms. The van der Waals surface area contributed by atoms with Crippen LogP contribution in [0, 0.1) is 34.0 Å². The second-order valence-electron chi connectivity index (χ2n) is 14.4. The van der Waals surface area contributed by atoms with Crippen LogP contribution in [0.25, 0.3) is 0 Å². The van der Waals surface area contributed by atoms with E-state index in [1.807, 2.05) is 39.0 Å². The van der Waals surface area contributed by atoms with Crippen LogP contribution in [0.5, 0.6) is 0 Å². The molecule has 0 N–H and O–H groups in total. The van der Waals surface area contributed by atoms with E-state index < -0.39 is 0 Å². The molecule has 0 amide bonds. The second kappa shape index (κ2) is 16.3. The van der Waals surface area contributed by atoms with Crippen LogP contribution in [0.3, 0.4) is 0 Å². The van der Waals surface area contributed by atoms with Gasteiger partial charge in [-0.3, -0.25) is 14.4 Å². The van der Waals surface area contributed by atoms with Crippen molar-refractivity contribution in [2.45, 2.75) is 122 Å². The first-order valence-corrected chi connectivity index (χ1v) is 16.0. The van der Waals surface area contributed by atoms with Gasteiger partial charge in [-0.1, -0.05) is 96.1 Å². The summed E-state index contributed by atoms with van der Waals surface area (Å²) >= 11 is 0. The standard InChI is InChI=1S/3C13H20O/c3*1-5-7-11(14)12-10(2)8-6-9-13(12,3)4/h5,7H,6,8-9H2,1-4H3;5,7-8,12H,6,9H2,1-4H3;5-8,10,12H,9H2,1-4H3/b3*7-5+/t;;10-,12-/m..1/s1. The highest BCUT2D eigenvalue weighted by Gasteiger charge is 2.38. The molecule has 0 fully saturated rings. The van der Waals surface area contributed by atoms with Gasteiger partial charge in [0.05, 0.1) is 0 Å². The molecule has 0 aromatic heterocycles. The Kier molecular flexibility index (Phi) is 14.6. The van der Waals surface area contributed by atoms with Gasteiger partial charge in [0.1, 0.15) is 0 Å². The zero-order chi connectivity index (χ0) is 32.3. The van der Waals surface area contributed by atoms with Crippen molar-refractivity contribution in [1.29, 1.82) is 0 Å². The van der Waals surface area contributed by atoms with Gasteiger partial charge in [-0.15, -0.1) is 0 Å². The molecule has 42 heavy (non-hydrogen) atoms. The van der Waals surface area contributed by atoms with Crippen molar-refractivity contribution in [2.24, 2.45) is 34.0 Å². The molecule has 0 radical (unpaired) electrons. The van der Waals surface area contributed by atoms with E-state index in [1.54, 1.807) is 18.2 Å². The van der Waals surface area contributed by atoms with E-state index in [4.69, 9.17) is 0 Å². The van der Waals surface area contributed by atoms with Crippen molar-refractivity contribution in [3.05, 3.63) is 71.4 Å². The molecule has 0 saturated heterocycles. The molecule has 3 aliphatic carbocycles. The topological polar surface area (TPSA) is 51.2 Å². The smallest absolute Gasteiger partial charge is 0.181 e. The summed E-state index contributed by atoms with van der Waals surface area (Å²) in [6, 6.07) is 0. The zero-order valence-electron chi connectivity index (χ0n) is 28.9. The molecule has 3 heteroatoms. The van der Waals surface area contributed by atoms with Crippen LogP contribution >= 0.6 is 0 Å². The van der Waals surface area contributed by atoms with E-state index in [0.29, 0.717) is 5.92 Å². The quantitative estimate of drug-likeness (QED) is 0.233. The monoisotopic (exact) mass is 576 g/mol. The lowest BCUT2D eigenvalue weighted by molar-refractivity contribution is -0.123. The summed E-state index contributed by atoms with van der Waals surface area (Å²) in [5.41, 5.74) is 3.86. The maximum absolute atomic E-state index is 11.9. The van der Waals surface area contributed by atoms with Crippen LogP contribution in [0.15, 0.2) is 71.4 Å². The molecule has 3 aliphatic rings. The lowest BCUT2D eigenvalue weighted by Gasteiger charge is -2.38. The van der Waals surface area contributed by atoms with E-state index in [9.17, 15) is 14.4 Å². The molecule has 234 valence electrons. The van der Waals surface area contributed by atoms with Crippen LogP contribution < -0.4 is 0 Å². The summed E-state index contributed by atoms with van der Waals surface area (Å²) in [4.78, 5) is 35.7. The third-order valence-electron chi connectivity index (χ3n) is 9.22. The highest BCUT2D eigenvalue weighted by Crippen LogP contribution is 2.43. The van der Waals surface area contributed by atoms with Crippen molar-refractivity contribution in [3.63, 3.8) is 0 Å². The first-order valence-electron chi connectivity index (χ1n) is 16.0. The van der Waals surface area contributed by atoms with Gasteiger partial charge in [0.15, 0.2) is 17.3 Å². The van der Waals surface area contributed by atoms with Crippen molar-refractivity contribution in [1.82, 2.24) is 0 Å². The Morgan fingerprint density at radius 3 is 1.88 bits per heavy atom. The number of allylic oxidation sites excluding steroid dienone is 12. The summed E-state index contributed by atoms with van der Waals surface area (Å²) in [7, 11) is 0. The minimum Gasteiger partial charge on any atom is -0.295 e. The maximum Gasteiger partial charge on any atom is 0.181 e. The van der Waals surface area contributed by atoms with Crippen LogP contribution in [-0.4, -0.2) is 17.3 Å². The molecule has 0 heterocycles. The highest BCUT2D eigenvalue weighted by atomic mass is 16.1. The van der Waals surface area contributed by atoms with Gasteiger partial charge < -0.3 is 0 Å². The predicted molar refractivity (Wildman–Crippen MR) is 180 cm³/mol. The predicted octanol–water partition coefficient (Wildman–Crippen LogP) is 10.5. The number of carbonyl (C=O) groups excluding carboxylic acids is 3. The third-order valence-corrected chi connectivity index (χ3v) is 9.22. The van der Waals surface area contributed by atoms with E-state index in [2.05, 4.69) is 80.5 Å². The fourth-order valence-electron chi connectivity index (χ4n) is 7.27. The fourth-order valence-corrected chi connectivity index (χ4v) is 7.27. The molecule has 0 aromatic rings. The van der Waals surface area contributed by atoms with Gasteiger partial charge in [-0.25, -0.2) is 0 Å². The van der Waals surface area contributed by atoms with Crippen LogP contribution in [0.2, 0.25) is 0 Å². The summed E-state index contributed by atoms with van der Waals surface area (Å²) < 4.78 is 0. The summed E-state index contributed by atoms with van der Waals surface area (Å²) in [6.07, 6.45) is 23.8. The van der Waals surface area contributed by atoms with E-state index in [0.717, 1.165) is 37.7 Å². The average Bonchev–Trinajstić information content (AvgIpc) is 2.83. The fraction of sp³-hybridized carbons (Fsp3) is 0.615. The molecule has 3 nitrogen and oxygen atoms in total. The van der Waals surface area contributed by atoms with Crippen LogP contribution in [0.4, 0.5) is 0 Å². The van der Waals surface area contributed by atoms with Crippen molar-refractivity contribution < 1.29 is 14.4 Å². The Morgan fingerprint density at radius 2 is 1.38 bits per heavy atom. The average molecular weight is 577 g/mol. The van der Waals surface area contributed by atoms with Gasteiger partial charge in [-0.05, 0) is 114 Å². The van der Waals surface area contributed by atoms with E-state index in [-0.39, 0.29) is 45.4 Å². The van der Waals surface area contributed by atoms with Crippen LogP contribution in [0.1, 0.15) is 122 Å². The molecule has 0 aliphatic heterocycles. The Labute approximate surface area is 258 Å². The number of rotatable bonds is 6. The van der Waals surface area contributed by atoms with Gasteiger partial charge >= 0.3 is 0 Å². The van der Waals surface area contributed by atoms with E-state index in [1.165, 1.54) is 17.6 Å². The molecule has 1 unspecified atom stereocenters. The molecular formula is C39H60O3. The molecule has 3 rings (SSSR count). The number of carbonyl (C=O) groups is 3. The number of hydrogen-bond acceptors (Lipinski definition) is 3. The first-order chi connectivity index (χ1) is 19.5. The van der Waals surface area contributed by atoms with Crippen LogP contribution in [-0.2, 0) is 14.4 Å². The van der Waals surface area contributed by atoms with Gasteiger partial charge in [-0.2, -0.15) is 0 Å². The minimum atomic E-state index is 0.0684. The maximum atomic E-state index is 11.9. The summed E-state index contributed by atoms with van der Waals surface area (Å²) in [5.74, 6) is 1.33. The third kappa shape index (κ3) is 10.3.